The molecule has 0 aliphatic carbocycles. The van der Waals surface area contributed by atoms with E-state index in [0.717, 1.165) is 17.1 Å². The first kappa shape index (κ1) is 21.7. The Morgan fingerprint density at radius 3 is 2.58 bits per heavy atom. The first-order valence-electron chi connectivity index (χ1n) is 8.27. The highest BCUT2D eigenvalue weighted by Gasteiger charge is 2.44. The summed E-state index contributed by atoms with van der Waals surface area (Å²) in [4.78, 5) is 26.6. The minimum Gasteiger partial charge on any atom is -0.460 e. The van der Waals surface area contributed by atoms with Gasteiger partial charge in [-0.15, -0.1) is 0 Å². The number of ether oxygens (including phenoxy) is 2. The van der Waals surface area contributed by atoms with Crippen LogP contribution in [0.15, 0.2) is 22.4 Å². The second kappa shape index (κ2) is 8.21. The van der Waals surface area contributed by atoms with Gasteiger partial charge in [0.1, 0.15) is 6.61 Å². The maximum Gasteiger partial charge on any atom is 0.336 e. The zero-order valence-electron chi connectivity index (χ0n) is 15.1. The fraction of sp³-hybridized carbons (Fsp3) is 0.647. The fourth-order valence-electron chi connectivity index (χ4n) is 2.78. The van der Waals surface area contributed by atoms with Gasteiger partial charge in [0.15, 0.2) is 0 Å². The number of halogens is 3. The van der Waals surface area contributed by atoms with Crippen LogP contribution in [0.5, 0.6) is 0 Å². The zero-order chi connectivity index (χ0) is 19.7. The molecule has 26 heavy (non-hydrogen) atoms. The summed E-state index contributed by atoms with van der Waals surface area (Å²) in [6.07, 6.45) is 2.68. The molecular weight excluding hydrogens is 421 g/mol. The van der Waals surface area contributed by atoms with Crippen LogP contribution in [-0.4, -0.2) is 44.6 Å². The molecule has 0 radical (unpaired) electrons. The highest BCUT2D eigenvalue weighted by molar-refractivity contribution is 8.04. The SMILES string of the molecule is CC(C)OC(=O)C1=C2SC(C)(C)C(=CC(=O)OCC(Cl)(Cl)Cl)N2CCC1. The molecule has 2 aliphatic heterocycles. The van der Waals surface area contributed by atoms with Gasteiger partial charge in [-0.3, -0.25) is 0 Å². The molecule has 2 aliphatic rings. The molecule has 146 valence electrons. The number of nitrogens with zero attached hydrogens (tertiary/aromatic N) is 1. The van der Waals surface area contributed by atoms with Gasteiger partial charge in [-0.2, -0.15) is 0 Å². The molecule has 0 atom stereocenters. The predicted molar refractivity (Wildman–Crippen MR) is 105 cm³/mol. The number of rotatable bonds is 4. The lowest BCUT2D eigenvalue weighted by Crippen LogP contribution is -2.30. The van der Waals surface area contributed by atoms with Gasteiger partial charge in [0.05, 0.1) is 21.5 Å². The predicted octanol–water partition coefficient (Wildman–Crippen LogP) is 4.57. The van der Waals surface area contributed by atoms with Gasteiger partial charge in [-0.1, -0.05) is 46.6 Å². The number of carbonyl (C=O) groups is 2. The molecule has 0 amide bonds. The van der Waals surface area contributed by atoms with Crippen molar-refractivity contribution in [1.82, 2.24) is 4.90 Å². The van der Waals surface area contributed by atoms with Crippen molar-refractivity contribution in [1.29, 1.82) is 0 Å². The van der Waals surface area contributed by atoms with Crippen LogP contribution in [-0.2, 0) is 19.1 Å². The molecule has 0 saturated carbocycles. The van der Waals surface area contributed by atoms with E-state index in [9.17, 15) is 9.59 Å². The van der Waals surface area contributed by atoms with Crippen LogP contribution in [0, 0.1) is 0 Å². The van der Waals surface area contributed by atoms with Crippen molar-refractivity contribution in [2.24, 2.45) is 0 Å². The van der Waals surface area contributed by atoms with Crippen LogP contribution in [0.25, 0.3) is 0 Å². The normalized spacial score (nSPS) is 21.2. The summed E-state index contributed by atoms with van der Waals surface area (Å²) in [5, 5.41) is 0.840. The van der Waals surface area contributed by atoms with Gasteiger partial charge in [0.2, 0.25) is 3.79 Å². The third kappa shape index (κ3) is 5.47. The van der Waals surface area contributed by atoms with E-state index in [2.05, 4.69) is 0 Å². The molecule has 1 fully saturated rings. The first-order chi connectivity index (χ1) is 11.9. The molecule has 5 nitrogen and oxygen atoms in total. The quantitative estimate of drug-likeness (QED) is 0.361. The lowest BCUT2D eigenvalue weighted by atomic mass is 10.0. The van der Waals surface area contributed by atoms with Crippen molar-refractivity contribution < 1.29 is 19.1 Å². The smallest absolute Gasteiger partial charge is 0.336 e. The second-order valence-corrected chi connectivity index (χ2v) is 11.0. The molecule has 1 saturated heterocycles. The van der Waals surface area contributed by atoms with Gasteiger partial charge < -0.3 is 14.4 Å². The maximum absolute atomic E-state index is 12.4. The van der Waals surface area contributed by atoms with E-state index in [4.69, 9.17) is 44.3 Å². The highest BCUT2D eigenvalue weighted by atomic mass is 35.6. The number of fused-ring (bicyclic) bond motifs is 1. The third-order valence-electron chi connectivity index (χ3n) is 3.79. The average molecular weight is 443 g/mol. The molecule has 0 unspecified atom stereocenters. The summed E-state index contributed by atoms with van der Waals surface area (Å²) in [6.45, 7) is 8.00. The van der Waals surface area contributed by atoms with Crippen molar-refractivity contribution in [3.63, 3.8) is 0 Å². The van der Waals surface area contributed by atoms with Crippen molar-refractivity contribution in [3.8, 4) is 0 Å². The number of alkyl halides is 3. The van der Waals surface area contributed by atoms with E-state index in [1.807, 2.05) is 32.6 Å². The molecule has 2 rings (SSSR count). The Morgan fingerprint density at radius 2 is 2.00 bits per heavy atom. The van der Waals surface area contributed by atoms with Crippen LogP contribution in [0.2, 0.25) is 0 Å². The number of carbonyl (C=O) groups excluding carboxylic acids is 2. The topological polar surface area (TPSA) is 55.8 Å². The fourth-order valence-corrected chi connectivity index (χ4v) is 4.31. The van der Waals surface area contributed by atoms with Crippen LogP contribution in [0.3, 0.4) is 0 Å². The lowest BCUT2D eigenvalue weighted by molar-refractivity contribution is -0.143. The molecule has 2 heterocycles. The van der Waals surface area contributed by atoms with Gasteiger partial charge in [0, 0.05) is 18.3 Å². The molecule has 0 aromatic rings. The first-order valence-corrected chi connectivity index (χ1v) is 10.2. The van der Waals surface area contributed by atoms with Crippen molar-refractivity contribution in [3.05, 3.63) is 22.4 Å². The van der Waals surface area contributed by atoms with Gasteiger partial charge >= 0.3 is 11.9 Å². The minimum absolute atomic E-state index is 0.183. The summed E-state index contributed by atoms with van der Waals surface area (Å²) in [5.41, 5.74) is 1.42. The Labute approximate surface area is 173 Å². The molecule has 0 spiro atoms. The largest absolute Gasteiger partial charge is 0.460 e. The Kier molecular flexibility index (Phi) is 6.86. The number of hydrogen-bond acceptors (Lipinski definition) is 6. The van der Waals surface area contributed by atoms with E-state index >= 15 is 0 Å². The Bertz CT molecular complexity index is 653. The molecule has 9 heteroatoms. The molecule has 0 N–H and O–H groups in total. The standard InChI is InChI=1S/C17H22Cl3NO4S/c1-10(2)25-15(23)11-6-5-7-21-12(16(3,4)26-14(11)21)8-13(22)24-9-17(18,19)20/h8,10H,5-7,9H2,1-4H3. The highest BCUT2D eigenvalue weighted by Crippen LogP contribution is 2.52. The molecular formula is C17H22Cl3NO4S. The Balaban J connectivity index is 2.28. The van der Waals surface area contributed by atoms with E-state index in [1.165, 1.54) is 17.8 Å². The zero-order valence-corrected chi connectivity index (χ0v) is 18.2. The van der Waals surface area contributed by atoms with Crippen molar-refractivity contribution in [2.45, 2.75) is 55.2 Å². The summed E-state index contributed by atoms with van der Waals surface area (Å²) < 4.78 is 8.32. The van der Waals surface area contributed by atoms with Crippen LogP contribution in [0.1, 0.15) is 40.5 Å². The van der Waals surface area contributed by atoms with Crippen LogP contribution >= 0.6 is 46.6 Å². The lowest BCUT2D eigenvalue weighted by Gasteiger charge is -2.29. The molecule has 0 bridgehead atoms. The van der Waals surface area contributed by atoms with Crippen LogP contribution < -0.4 is 0 Å². The van der Waals surface area contributed by atoms with E-state index in [-0.39, 0.29) is 18.7 Å². The summed E-state index contributed by atoms with van der Waals surface area (Å²) in [5.74, 6) is -0.888. The van der Waals surface area contributed by atoms with E-state index < -0.39 is 14.5 Å². The van der Waals surface area contributed by atoms with Crippen LogP contribution in [0.4, 0.5) is 0 Å². The summed E-state index contributed by atoms with van der Waals surface area (Å²) in [6, 6.07) is 0. The number of esters is 2. The van der Waals surface area contributed by atoms with E-state index in [1.54, 1.807) is 0 Å². The average Bonchev–Trinajstić information content (AvgIpc) is 2.74. The van der Waals surface area contributed by atoms with Crippen molar-refractivity contribution in [2.75, 3.05) is 13.2 Å². The monoisotopic (exact) mass is 441 g/mol. The summed E-state index contributed by atoms with van der Waals surface area (Å²) in [7, 11) is 0. The molecule has 0 aromatic heterocycles. The number of hydrogen-bond donors (Lipinski definition) is 0. The number of thioether (sulfide) groups is 1. The van der Waals surface area contributed by atoms with Crippen molar-refractivity contribution >= 4 is 58.5 Å². The van der Waals surface area contributed by atoms with Gasteiger partial charge in [-0.25, -0.2) is 9.59 Å². The van der Waals surface area contributed by atoms with Gasteiger partial charge in [0.25, 0.3) is 0 Å². The summed E-state index contributed by atoms with van der Waals surface area (Å²) >= 11 is 18.4. The molecule has 0 aromatic carbocycles. The Hall–Kier alpha value is -0.560. The maximum atomic E-state index is 12.4. The third-order valence-corrected chi connectivity index (χ3v) is 5.50. The van der Waals surface area contributed by atoms with Gasteiger partial charge in [-0.05, 0) is 40.5 Å². The van der Waals surface area contributed by atoms with E-state index in [0.29, 0.717) is 18.5 Å². The minimum atomic E-state index is -1.65. The Morgan fingerprint density at radius 1 is 1.35 bits per heavy atom. The second-order valence-electron chi connectivity index (χ2n) is 6.86.